The largest absolute Gasteiger partial charge is 0.372 e. The number of hydrogen-bond acceptors (Lipinski definition) is 2. The Labute approximate surface area is 255 Å². The van der Waals surface area contributed by atoms with Gasteiger partial charge in [0.25, 0.3) is 0 Å². The van der Waals surface area contributed by atoms with Gasteiger partial charge in [-0.1, -0.05) is 84.4 Å². The topological polar surface area (TPSA) is 6.48 Å². The Kier molecular flexibility index (Phi) is 6.79. The fourth-order valence-electron chi connectivity index (χ4n) is 7.75. The Hall–Kier alpha value is -4.30. The average molecular weight is 561 g/mol. The van der Waals surface area contributed by atoms with Gasteiger partial charge in [0.15, 0.2) is 0 Å². The van der Waals surface area contributed by atoms with Gasteiger partial charge in [0.05, 0.1) is 0 Å². The van der Waals surface area contributed by atoms with Crippen molar-refractivity contribution in [2.75, 3.05) is 36.0 Å². The Morgan fingerprint density at radius 3 is 1.70 bits per heavy atom. The van der Waals surface area contributed by atoms with Crippen LogP contribution in [0.5, 0.6) is 0 Å². The van der Waals surface area contributed by atoms with Crippen LogP contribution in [0.3, 0.4) is 0 Å². The van der Waals surface area contributed by atoms with Crippen molar-refractivity contribution in [3.63, 3.8) is 0 Å². The van der Waals surface area contributed by atoms with Gasteiger partial charge >= 0.3 is 0 Å². The summed E-state index contributed by atoms with van der Waals surface area (Å²) in [5.74, 6) is 0. The van der Waals surface area contributed by atoms with E-state index in [9.17, 15) is 0 Å². The summed E-state index contributed by atoms with van der Waals surface area (Å²) in [7, 11) is 0. The molecule has 2 saturated heterocycles. The van der Waals surface area contributed by atoms with Gasteiger partial charge in [0.2, 0.25) is 0 Å². The van der Waals surface area contributed by atoms with Crippen molar-refractivity contribution in [1.82, 2.24) is 0 Å². The smallest absolute Gasteiger partial charge is 0.0372 e. The monoisotopic (exact) mass is 560 g/mol. The maximum Gasteiger partial charge on any atom is 0.0372 e. The highest BCUT2D eigenvalue weighted by Gasteiger charge is 2.22. The van der Waals surface area contributed by atoms with Crippen LogP contribution in [-0.4, -0.2) is 26.2 Å². The zero-order valence-corrected chi connectivity index (χ0v) is 25.3. The molecule has 43 heavy (non-hydrogen) atoms. The summed E-state index contributed by atoms with van der Waals surface area (Å²) in [5.41, 5.74) is 9.37. The Morgan fingerprint density at radius 1 is 0.442 bits per heavy atom. The number of aryl methyl sites for hydroxylation is 1. The molecule has 2 aliphatic heterocycles. The van der Waals surface area contributed by atoms with Crippen LogP contribution in [-0.2, 0) is 0 Å². The first kappa shape index (κ1) is 26.3. The Balaban J connectivity index is 1.50. The lowest BCUT2D eigenvalue weighted by Crippen LogP contribution is -2.29. The second-order valence-electron chi connectivity index (χ2n) is 12.7. The number of nitrogens with zero attached hydrogens (tertiary/aromatic N) is 2. The molecule has 0 saturated carbocycles. The van der Waals surface area contributed by atoms with Crippen molar-refractivity contribution in [3.05, 3.63) is 109 Å². The van der Waals surface area contributed by atoms with Crippen molar-refractivity contribution in [2.24, 2.45) is 0 Å². The van der Waals surface area contributed by atoms with Crippen molar-refractivity contribution in [3.8, 4) is 22.3 Å². The first-order valence-electron chi connectivity index (χ1n) is 16.3. The van der Waals surface area contributed by atoms with E-state index in [1.807, 2.05) is 0 Å². The first-order valence-corrected chi connectivity index (χ1v) is 16.3. The van der Waals surface area contributed by atoms with Crippen LogP contribution in [0.15, 0.2) is 103 Å². The molecular formula is C41H40N2. The van der Waals surface area contributed by atoms with E-state index in [0.717, 1.165) is 26.2 Å². The fraction of sp³-hybridized carbons (Fsp3) is 0.268. The van der Waals surface area contributed by atoms with Crippen molar-refractivity contribution in [1.29, 1.82) is 0 Å². The molecule has 6 aromatic carbocycles. The lowest BCUT2D eigenvalue weighted by atomic mass is 9.84. The molecule has 0 radical (unpaired) electrons. The summed E-state index contributed by atoms with van der Waals surface area (Å²) >= 11 is 0. The van der Waals surface area contributed by atoms with E-state index in [4.69, 9.17) is 0 Å². The summed E-state index contributed by atoms with van der Waals surface area (Å²) in [5, 5.41) is 8.01. The van der Waals surface area contributed by atoms with E-state index in [1.54, 1.807) is 0 Å². The van der Waals surface area contributed by atoms with Crippen molar-refractivity contribution < 1.29 is 0 Å². The Bertz CT molecular complexity index is 1950. The average Bonchev–Trinajstić information content (AvgIpc) is 3.07. The quantitative estimate of drug-likeness (QED) is 0.198. The molecule has 2 fully saturated rings. The molecule has 8 rings (SSSR count). The summed E-state index contributed by atoms with van der Waals surface area (Å²) in [6.45, 7) is 6.80. The second kappa shape index (κ2) is 11.1. The van der Waals surface area contributed by atoms with Gasteiger partial charge in [-0.2, -0.15) is 0 Å². The summed E-state index contributed by atoms with van der Waals surface area (Å²) in [6.07, 6.45) is 7.79. The van der Waals surface area contributed by atoms with Crippen LogP contribution in [0.1, 0.15) is 44.1 Å². The zero-order valence-electron chi connectivity index (χ0n) is 25.3. The van der Waals surface area contributed by atoms with Crippen molar-refractivity contribution in [2.45, 2.75) is 45.4 Å². The molecule has 0 bridgehead atoms. The van der Waals surface area contributed by atoms with Gasteiger partial charge in [-0.05, 0) is 124 Å². The number of rotatable bonds is 4. The van der Waals surface area contributed by atoms with E-state index in [1.165, 1.54) is 110 Å². The zero-order chi connectivity index (χ0) is 28.8. The first-order chi connectivity index (χ1) is 21.2. The molecule has 0 aromatic heterocycles. The molecule has 214 valence electrons. The van der Waals surface area contributed by atoms with Crippen LogP contribution in [0.4, 0.5) is 11.4 Å². The molecule has 2 nitrogen and oxygen atoms in total. The maximum absolute atomic E-state index is 2.60. The third-order valence-electron chi connectivity index (χ3n) is 9.89. The molecule has 2 aliphatic rings. The highest BCUT2D eigenvalue weighted by molar-refractivity contribution is 6.24. The molecule has 0 atom stereocenters. The lowest BCUT2D eigenvalue weighted by Gasteiger charge is -2.30. The highest BCUT2D eigenvalue weighted by atomic mass is 15.1. The van der Waals surface area contributed by atoms with Crippen LogP contribution in [0.25, 0.3) is 54.6 Å². The molecule has 2 heteroatoms. The van der Waals surface area contributed by atoms with Crippen LogP contribution >= 0.6 is 0 Å². The van der Waals surface area contributed by atoms with E-state index < -0.39 is 0 Å². The van der Waals surface area contributed by atoms with Gasteiger partial charge < -0.3 is 9.80 Å². The third-order valence-corrected chi connectivity index (χ3v) is 9.89. The summed E-state index contributed by atoms with van der Waals surface area (Å²) in [6, 6.07) is 39.5. The van der Waals surface area contributed by atoms with Crippen molar-refractivity contribution >= 4 is 43.7 Å². The number of piperidine rings is 2. The fourth-order valence-corrected chi connectivity index (χ4v) is 7.75. The minimum atomic E-state index is 1.15. The number of fused-ring (bicyclic) bond motifs is 3. The maximum atomic E-state index is 2.60. The third kappa shape index (κ3) is 4.74. The van der Waals surface area contributed by atoms with Gasteiger partial charge in [-0.3, -0.25) is 0 Å². The highest BCUT2D eigenvalue weighted by Crippen LogP contribution is 2.47. The summed E-state index contributed by atoms with van der Waals surface area (Å²) < 4.78 is 0. The molecule has 2 heterocycles. The number of hydrogen-bond donors (Lipinski definition) is 0. The van der Waals surface area contributed by atoms with Crippen LogP contribution < -0.4 is 9.80 Å². The predicted molar refractivity (Wildman–Crippen MR) is 187 cm³/mol. The van der Waals surface area contributed by atoms with E-state index >= 15 is 0 Å². The number of anilines is 2. The van der Waals surface area contributed by atoms with Crippen LogP contribution in [0, 0.1) is 6.92 Å². The van der Waals surface area contributed by atoms with Crippen LogP contribution in [0.2, 0.25) is 0 Å². The lowest BCUT2D eigenvalue weighted by molar-refractivity contribution is 0.578. The number of benzene rings is 6. The molecule has 0 N–H and O–H groups in total. The van der Waals surface area contributed by atoms with E-state index in [2.05, 4.69) is 120 Å². The van der Waals surface area contributed by atoms with Gasteiger partial charge in [0.1, 0.15) is 0 Å². The molecule has 6 aromatic rings. The molecule has 0 unspecified atom stereocenters. The van der Waals surface area contributed by atoms with E-state index in [-0.39, 0.29) is 0 Å². The van der Waals surface area contributed by atoms with E-state index in [0.29, 0.717) is 0 Å². The SMILES string of the molecule is Cc1cccc(-c2c3cc(N4CCCCC4)ccc3c(-c3cccc4ccccc34)c3cc(N4CCCCC4)ccc23)c1. The minimum absolute atomic E-state index is 1.15. The predicted octanol–water partition coefficient (Wildman–Crippen LogP) is 10.8. The van der Waals surface area contributed by atoms with Gasteiger partial charge in [0, 0.05) is 37.6 Å². The second-order valence-corrected chi connectivity index (χ2v) is 12.7. The summed E-state index contributed by atoms with van der Waals surface area (Å²) in [4.78, 5) is 5.20. The van der Waals surface area contributed by atoms with Gasteiger partial charge in [-0.15, -0.1) is 0 Å². The minimum Gasteiger partial charge on any atom is -0.372 e. The molecule has 0 spiro atoms. The Morgan fingerprint density at radius 2 is 1.02 bits per heavy atom. The molecular weight excluding hydrogens is 520 g/mol. The molecule has 0 amide bonds. The standard InChI is InChI=1S/C41H40N2/c1-29-12-10-15-31(26-29)40-36-20-18-33(43-24-8-3-9-25-43)28-39(36)41(35-17-11-14-30-13-4-5-16-34(30)35)37-21-19-32(27-38(37)40)42-22-6-2-7-23-42/h4-5,10-21,26-28H,2-3,6-9,22-25H2,1H3. The normalized spacial score (nSPS) is 15.9. The molecule has 0 aliphatic carbocycles. The van der Waals surface area contributed by atoms with Gasteiger partial charge in [-0.25, -0.2) is 0 Å².